The molecule has 0 saturated carbocycles. The van der Waals surface area contributed by atoms with E-state index in [9.17, 15) is 4.39 Å². The molecule has 0 fully saturated rings. The van der Waals surface area contributed by atoms with E-state index in [1.807, 2.05) is 30.1 Å². The van der Waals surface area contributed by atoms with Crippen LogP contribution in [0.15, 0.2) is 36.4 Å². The maximum atomic E-state index is 13.8. The van der Waals surface area contributed by atoms with Crippen molar-refractivity contribution in [3.63, 3.8) is 0 Å². The molecule has 2 rings (SSSR count). The highest BCUT2D eigenvalue weighted by atomic mass is 19.1. The first-order chi connectivity index (χ1) is 10.0. The van der Waals surface area contributed by atoms with Gasteiger partial charge in [-0.15, -0.1) is 0 Å². The summed E-state index contributed by atoms with van der Waals surface area (Å²) in [6.07, 6.45) is 0. The van der Waals surface area contributed by atoms with E-state index >= 15 is 0 Å². The highest BCUT2D eigenvalue weighted by Gasteiger charge is 2.11. The largest absolute Gasteiger partial charge is 0.355 e. The van der Waals surface area contributed by atoms with Crippen molar-refractivity contribution in [1.82, 2.24) is 4.98 Å². The number of aromatic nitrogens is 1. The molecule has 0 unspecified atom stereocenters. The third kappa shape index (κ3) is 3.79. The molecule has 1 heterocycles. The van der Waals surface area contributed by atoms with Gasteiger partial charge in [-0.25, -0.2) is 9.37 Å². The van der Waals surface area contributed by atoms with Crippen molar-refractivity contribution < 1.29 is 4.39 Å². The van der Waals surface area contributed by atoms with E-state index in [0.717, 1.165) is 17.1 Å². The Kier molecular flexibility index (Phi) is 4.91. The SMILES string of the molecule is CC(C)c1cc(CN)cc(N(C)Cc2ccccc2F)n1. The molecular weight excluding hydrogens is 265 g/mol. The Morgan fingerprint density at radius 1 is 1.24 bits per heavy atom. The number of hydrogen-bond acceptors (Lipinski definition) is 3. The van der Waals surface area contributed by atoms with Gasteiger partial charge in [-0.2, -0.15) is 0 Å². The van der Waals surface area contributed by atoms with Gasteiger partial charge in [0, 0.05) is 31.4 Å². The van der Waals surface area contributed by atoms with E-state index < -0.39 is 0 Å². The van der Waals surface area contributed by atoms with Crippen LogP contribution in [-0.4, -0.2) is 12.0 Å². The molecule has 0 radical (unpaired) electrons. The summed E-state index contributed by atoms with van der Waals surface area (Å²) in [7, 11) is 1.92. The quantitative estimate of drug-likeness (QED) is 0.916. The Bertz CT molecular complexity index is 611. The molecule has 21 heavy (non-hydrogen) atoms. The molecule has 2 N–H and O–H groups in total. The van der Waals surface area contributed by atoms with E-state index in [2.05, 4.69) is 18.8 Å². The number of pyridine rings is 1. The maximum absolute atomic E-state index is 13.8. The second-order valence-corrected chi connectivity index (χ2v) is 5.56. The summed E-state index contributed by atoms with van der Waals surface area (Å²) >= 11 is 0. The number of nitrogens with zero attached hydrogens (tertiary/aromatic N) is 2. The Hall–Kier alpha value is -1.94. The molecule has 0 saturated heterocycles. The van der Waals surface area contributed by atoms with Crippen LogP contribution in [0.5, 0.6) is 0 Å². The monoisotopic (exact) mass is 287 g/mol. The number of halogens is 1. The smallest absolute Gasteiger partial charge is 0.129 e. The summed E-state index contributed by atoms with van der Waals surface area (Å²) in [6.45, 7) is 5.15. The molecule has 3 nitrogen and oxygen atoms in total. The van der Waals surface area contributed by atoms with Crippen molar-refractivity contribution in [3.8, 4) is 0 Å². The van der Waals surface area contributed by atoms with Crippen molar-refractivity contribution in [1.29, 1.82) is 0 Å². The zero-order valence-electron chi connectivity index (χ0n) is 12.8. The van der Waals surface area contributed by atoms with Crippen LogP contribution in [0.4, 0.5) is 10.2 Å². The van der Waals surface area contributed by atoms with Gasteiger partial charge in [0.2, 0.25) is 0 Å². The third-order valence-electron chi connectivity index (χ3n) is 3.48. The van der Waals surface area contributed by atoms with Gasteiger partial charge in [0.15, 0.2) is 0 Å². The summed E-state index contributed by atoms with van der Waals surface area (Å²) in [5, 5.41) is 0. The molecule has 0 atom stereocenters. The second-order valence-electron chi connectivity index (χ2n) is 5.56. The van der Waals surface area contributed by atoms with Crippen LogP contribution in [0.25, 0.3) is 0 Å². The predicted octanol–water partition coefficient (Wildman–Crippen LogP) is 3.44. The highest BCUT2D eigenvalue weighted by molar-refractivity contribution is 5.43. The minimum atomic E-state index is -0.191. The number of nitrogens with two attached hydrogens (primary N) is 1. The number of anilines is 1. The molecule has 1 aromatic carbocycles. The van der Waals surface area contributed by atoms with E-state index in [1.165, 1.54) is 6.07 Å². The molecule has 1 aromatic heterocycles. The Morgan fingerprint density at radius 2 is 1.95 bits per heavy atom. The minimum absolute atomic E-state index is 0.191. The van der Waals surface area contributed by atoms with Crippen LogP contribution in [0.3, 0.4) is 0 Å². The van der Waals surface area contributed by atoms with Crippen LogP contribution in [0.2, 0.25) is 0 Å². The van der Waals surface area contributed by atoms with E-state index in [4.69, 9.17) is 5.73 Å². The summed E-state index contributed by atoms with van der Waals surface area (Å²) in [5.41, 5.74) is 8.47. The maximum Gasteiger partial charge on any atom is 0.129 e. The van der Waals surface area contributed by atoms with Crippen molar-refractivity contribution >= 4 is 5.82 Å². The van der Waals surface area contributed by atoms with Crippen molar-refractivity contribution in [2.75, 3.05) is 11.9 Å². The van der Waals surface area contributed by atoms with Crippen LogP contribution in [-0.2, 0) is 13.1 Å². The standard InChI is InChI=1S/C17H22FN3/c1-12(2)16-8-13(10-19)9-17(20-16)21(3)11-14-6-4-5-7-15(14)18/h4-9,12H,10-11,19H2,1-3H3. The van der Waals surface area contributed by atoms with Gasteiger partial charge < -0.3 is 10.6 Å². The number of hydrogen-bond donors (Lipinski definition) is 1. The van der Waals surface area contributed by atoms with Crippen molar-refractivity contribution in [2.24, 2.45) is 5.73 Å². The first-order valence-electron chi connectivity index (χ1n) is 7.16. The van der Waals surface area contributed by atoms with Gasteiger partial charge in [0.1, 0.15) is 11.6 Å². The van der Waals surface area contributed by atoms with E-state index in [-0.39, 0.29) is 5.82 Å². The lowest BCUT2D eigenvalue weighted by Gasteiger charge is -2.21. The summed E-state index contributed by atoms with van der Waals surface area (Å²) < 4.78 is 13.8. The Labute approximate surface area is 125 Å². The second kappa shape index (κ2) is 6.68. The molecule has 0 aliphatic rings. The van der Waals surface area contributed by atoms with Gasteiger partial charge in [0.25, 0.3) is 0 Å². The van der Waals surface area contributed by atoms with Crippen LogP contribution < -0.4 is 10.6 Å². The number of rotatable bonds is 5. The summed E-state index contributed by atoms with van der Waals surface area (Å²) in [6, 6.07) is 10.8. The molecular formula is C17H22FN3. The van der Waals surface area contributed by atoms with E-state index in [1.54, 1.807) is 12.1 Å². The minimum Gasteiger partial charge on any atom is -0.355 e. The van der Waals surface area contributed by atoms with Crippen LogP contribution in [0, 0.1) is 5.82 Å². The Balaban J connectivity index is 2.28. The molecule has 2 aromatic rings. The van der Waals surface area contributed by atoms with Crippen LogP contribution >= 0.6 is 0 Å². The van der Waals surface area contributed by atoms with Crippen LogP contribution in [0.1, 0.15) is 36.6 Å². The first-order valence-corrected chi connectivity index (χ1v) is 7.16. The van der Waals surface area contributed by atoms with Crippen molar-refractivity contribution in [3.05, 3.63) is 59.0 Å². The number of benzene rings is 1. The third-order valence-corrected chi connectivity index (χ3v) is 3.48. The van der Waals surface area contributed by atoms with Gasteiger partial charge in [-0.3, -0.25) is 0 Å². The van der Waals surface area contributed by atoms with Gasteiger partial charge in [0.05, 0.1) is 0 Å². The lowest BCUT2D eigenvalue weighted by molar-refractivity contribution is 0.607. The normalized spacial score (nSPS) is 11.0. The van der Waals surface area contributed by atoms with Gasteiger partial charge in [-0.05, 0) is 29.7 Å². The van der Waals surface area contributed by atoms with E-state index in [0.29, 0.717) is 24.6 Å². The fraction of sp³-hybridized carbons (Fsp3) is 0.353. The molecule has 0 spiro atoms. The predicted molar refractivity (Wildman–Crippen MR) is 84.7 cm³/mol. The van der Waals surface area contributed by atoms with Crippen molar-refractivity contribution in [2.45, 2.75) is 32.9 Å². The molecule has 4 heteroatoms. The van der Waals surface area contributed by atoms with Gasteiger partial charge >= 0.3 is 0 Å². The zero-order valence-corrected chi connectivity index (χ0v) is 12.8. The molecule has 0 aliphatic carbocycles. The van der Waals surface area contributed by atoms with Gasteiger partial charge in [-0.1, -0.05) is 32.0 Å². The average Bonchev–Trinajstić information content (AvgIpc) is 2.49. The molecule has 112 valence electrons. The molecule has 0 bridgehead atoms. The fourth-order valence-corrected chi connectivity index (χ4v) is 2.17. The lowest BCUT2D eigenvalue weighted by atomic mass is 10.1. The highest BCUT2D eigenvalue weighted by Crippen LogP contribution is 2.21. The topological polar surface area (TPSA) is 42.1 Å². The Morgan fingerprint density at radius 3 is 2.57 bits per heavy atom. The summed E-state index contributed by atoms with van der Waals surface area (Å²) in [5.74, 6) is 0.963. The molecule has 0 amide bonds. The average molecular weight is 287 g/mol. The first kappa shape index (κ1) is 15.4. The molecule has 0 aliphatic heterocycles. The fourth-order valence-electron chi connectivity index (χ4n) is 2.17. The lowest BCUT2D eigenvalue weighted by Crippen LogP contribution is -2.19. The summed E-state index contributed by atoms with van der Waals surface area (Å²) in [4.78, 5) is 6.60. The zero-order chi connectivity index (χ0) is 15.4.